The Labute approximate surface area is 117 Å². The lowest BCUT2D eigenvalue weighted by Crippen LogP contribution is -2.34. The van der Waals surface area contributed by atoms with Gasteiger partial charge in [-0.1, -0.05) is 0 Å². The molecule has 108 valence electrons. The molecule has 0 aliphatic rings. The normalized spacial score (nSPS) is 11.7. The van der Waals surface area contributed by atoms with Crippen LogP contribution in [-0.4, -0.2) is 33.7 Å². The van der Waals surface area contributed by atoms with Gasteiger partial charge in [0.25, 0.3) is 0 Å². The average molecular weight is 342 g/mol. The molecule has 0 aromatic carbocycles. The van der Waals surface area contributed by atoms with Crippen LogP contribution in [0.5, 0.6) is 0 Å². The fourth-order valence-electron chi connectivity index (χ4n) is 1.66. The highest BCUT2D eigenvalue weighted by Crippen LogP contribution is 2.35. The van der Waals surface area contributed by atoms with Gasteiger partial charge in [0.05, 0.1) is 10.2 Å². The molecule has 1 amide bonds. The van der Waals surface area contributed by atoms with Gasteiger partial charge in [0, 0.05) is 13.1 Å². The smallest absolute Gasteiger partial charge is 0.342 e. The zero-order chi connectivity index (χ0) is 14.8. The first-order valence-corrected chi connectivity index (χ1v) is 6.59. The van der Waals surface area contributed by atoms with E-state index >= 15 is 0 Å². The van der Waals surface area contributed by atoms with Crippen LogP contribution in [0.4, 0.5) is 13.2 Å². The zero-order valence-electron chi connectivity index (χ0n) is 10.9. The molecule has 0 bridgehead atoms. The molecule has 1 aromatic heterocycles. The number of carbonyl (C=O) groups excluding carboxylic acids is 1. The molecule has 4 nitrogen and oxygen atoms in total. The van der Waals surface area contributed by atoms with Gasteiger partial charge in [-0.3, -0.25) is 9.48 Å². The molecule has 0 aliphatic carbocycles. The van der Waals surface area contributed by atoms with Crippen molar-refractivity contribution < 1.29 is 18.0 Å². The molecule has 0 atom stereocenters. The first kappa shape index (κ1) is 16.0. The Balaban J connectivity index is 3.01. The molecule has 1 heterocycles. The van der Waals surface area contributed by atoms with Crippen molar-refractivity contribution >= 4 is 21.8 Å². The van der Waals surface area contributed by atoms with Gasteiger partial charge in [0.15, 0.2) is 5.69 Å². The summed E-state index contributed by atoms with van der Waals surface area (Å²) in [5, 5.41) is 3.47. The quantitative estimate of drug-likeness (QED) is 0.844. The lowest BCUT2D eigenvalue weighted by Gasteiger charge is -2.18. The van der Waals surface area contributed by atoms with Crippen molar-refractivity contribution in [2.75, 3.05) is 13.1 Å². The maximum Gasteiger partial charge on any atom is 0.436 e. The van der Waals surface area contributed by atoms with Crippen LogP contribution in [0, 0.1) is 6.92 Å². The van der Waals surface area contributed by atoms with Gasteiger partial charge in [-0.2, -0.15) is 18.3 Å². The van der Waals surface area contributed by atoms with E-state index in [-0.39, 0.29) is 22.6 Å². The molecular formula is C11H15BrF3N3O. The molecule has 8 heteroatoms. The van der Waals surface area contributed by atoms with Gasteiger partial charge < -0.3 is 4.90 Å². The van der Waals surface area contributed by atoms with Crippen LogP contribution in [0.2, 0.25) is 0 Å². The minimum Gasteiger partial charge on any atom is -0.342 e. The van der Waals surface area contributed by atoms with Crippen LogP contribution >= 0.6 is 15.9 Å². The summed E-state index contributed by atoms with van der Waals surface area (Å²) in [7, 11) is 0. The van der Waals surface area contributed by atoms with E-state index in [1.807, 2.05) is 13.8 Å². The van der Waals surface area contributed by atoms with E-state index in [2.05, 4.69) is 21.0 Å². The number of aromatic nitrogens is 2. The van der Waals surface area contributed by atoms with Crippen LogP contribution in [0.3, 0.4) is 0 Å². The first-order chi connectivity index (χ1) is 8.72. The first-order valence-electron chi connectivity index (χ1n) is 5.80. The summed E-state index contributed by atoms with van der Waals surface area (Å²) >= 11 is 2.87. The summed E-state index contributed by atoms with van der Waals surface area (Å²) in [5.74, 6) is -0.253. The summed E-state index contributed by atoms with van der Waals surface area (Å²) in [5.41, 5.74) is -0.717. The van der Waals surface area contributed by atoms with Crippen LogP contribution in [0.25, 0.3) is 0 Å². The van der Waals surface area contributed by atoms with Crippen molar-refractivity contribution in [3.05, 3.63) is 15.9 Å². The minimum absolute atomic E-state index is 0.118. The van der Waals surface area contributed by atoms with Gasteiger partial charge in [-0.05, 0) is 36.7 Å². The Morgan fingerprint density at radius 2 is 1.89 bits per heavy atom. The number of nitrogens with zero attached hydrogens (tertiary/aromatic N) is 3. The third-order valence-electron chi connectivity index (χ3n) is 2.80. The highest BCUT2D eigenvalue weighted by Gasteiger charge is 2.38. The number of amides is 1. The number of rotatable bonds is 4. The van der Waals surface area contributed by atoms with Gasteiger partial charge >= 0.3 is 6.18 Å². The summed E-state index contributed by atoms with van der Waals surface area (Å²) < 4.78 is 39.0. The molecular weight excluding hydrogens is 327 g/mol. The van der Waals surface area contributed by atoms with Gasteiger partial charge in [-0.25, -0.2) is 0 Å². The molecule has 0 aliphatic heterocycles. The van der Waals surface area contributed by atoms with E-state index in [9.17, 15) is 18.0 Å². The summed E-state index contributed by atoms with van der Waals surface area (Å²) in [6, 6.07) is 0. The van der Waals surface area contributed by atoms with Crippen LogP contribution in [0.1, 0.15) is 25.2 Å². The third-order valence-corrected chi connectivity index (χ3v) is 3.75. The van der Waals surface area contributed by atoms with E-state index in [1.54, 1.807) is 4.90 Å². The fraction of sp³-hybridized carbons (Fsp3) is 0.636. The predicted molar refractivity (Wildman–Crippen MR) is 67.6 cm³/mol. The summed E-state index contributed by atoms with van der Waals surface area (Å²) in [4.78, 5) is 13.4. The average Bonchev–Trinajstić information content (AvgIpc) is 2.58. The molecule has 0 fully saturated rings. The Hall–Kier alpha value is -1.05. The Morgan fingerprint density at radius 3 is 2.26 bits per heavy atom. The van der Waals surface area contributed by atoms with Crippen molar-refractivity contribution in [2.45, 2.75) is 33.5 Å². The maximum absolute atomic E-state index is 12.7. The fourth-order valence-corrected chi connectivity index (χ4v) is 2.17. The van der Waals surface area contributed by atoms with Crippen molar-refractivity contribution in [1.29, 1.82) is 0 Å². The van der Waals surface area contributed by atoms with Crippen LogP contribution in [-0.2, 0) is 17.5 Å². The lowest BCUT2D eigenvalue weighted by molar-refractivity contribution is -0.142. The number of hydrogen-bond donors (Lipinski definition) is 0. The molecule has 0 N–H and O–H groups in total. The Bertz CT molecular complexity index is 466. The van der Waals surface area contributed by atoms with E-state index < -0.39 is 11.9 Å². The summed E-state index contributed by atoms with van der Waals surface area (Å²) in [6.07, 6.45) is -4.53. The Morgan fingerprint density at radius 1 is 1.37 bits per heavy atom. The zero-order valence-corrected chi connectivity index (χ0v) is 12.5. The van der Waals surface area contributed by atoms with Crippen LogP contribution in [0.15, 0.2) is 4.47 Å². The number of halogens is 4. The van der Waals surface area contributed by atoms with Crippen LogP contribution < -0.4 is 0 Å². The highest BCUT2D eigenvalue weighted by atomic mass is 79.9. The van der Waals surface area contributed by atoms with Gasteiger partial charge in [0.2, 0.25) is 5.91 Å². The highest BCUT2D eigenvalue weighted by molar-refractivity contribution is 9.10. The molecule has 19 heavy (non-hydrogen) atoms. The molecule has 0 spiro atoms. The van der Waals surface area contributed by atoms with Crippen molar-refractivity contribution in [1.82, 2.24) is 14.7 Å². The topological polar surface area (TPSA) is 38.1 Å². The molecule has 0 unspecified atom stereocenters. The van der Waals surface area contributed by atoms with Crippen molar-refractivity contribution in [3.63, 3.8) is 0 Å². The maximum atomic E-state index is 12.7. The van der Waals surface area contributed by atoms with E-state index in [0.717, 1.165) is 4.68 Å². The standard InChI is InChI=1S/C11H15BrF3N3O/c1-4-17(5-2)8(19)6-18-7(3)9(12)10(16-18)11(13,14)15/h4-6H2,1-3H3. The van der Waals surface area contributed by atoms with E-state index in [1.165, 1.54) is 6.92 Å². The monoisotopic (exact) mass is 341 g/mol. The second kappa shape index (κ2) is 5.94. The molecule has 1 rings (SSSR count). The lowest BCUT2D eigenvalue weighted by atomic mass is 10.3. The van der Waals surface area contributed by atoms with Gasteiger partial charge in [0.1, 0.15) is 6.54 Å². The van der Waals surface area contributed by atoms with E-state index in [4.69, 9.17) is 0 Å². The summed E-state index contributed by atoms with van der Waals surface area (Å²) in [6.45, 7) is 5.96. The van der Waals surface area contributed by atoms with E-state index in [0.29, 0.717) is 13.1 Å². The second-order valence-corrected chi connectivity index (χ2v) is 4.76. The van der Waals surface area contributed by atoms with Gasteiger partial charge in [-0.15, -0.1) is 0 Å². The minimum atomic E-state index is -4.53. The second-order valence-electron chi connectivity index (χ2n) is 3.97. The number of carbonyl (C=O) groups is 1. The largest absolute Gasteiger partial charge is 0.436 e. The molecule has 0 radical (unpaired) electrons. The van der Waals surface area contributed by atoms with Crippen molar-refractivity contribution in [3.8, 4) is 0 Å². The van der Waals surface area contributed by atoms with Crippen molar-refractivity contribution in [2.24, 2.45) is 0 Å². The SMILES string of the molecule is CCN(CC)C(=O)Cn1nc(C(F)(F)F)c(Br)c1C. The Kier molecular flexibility index (Phi) is 5.00. The molecule has 1 aromatic rings. The number of alkyl halides is 3. The third kappa shape index (κ3) is 3.49. The predicted octanol–water partition coefficient (Wildman–Crippen LogP) is 2.84. The number of hydrogen-bond acceptors (Lipinski definition) is 2. The molecule has 0 saturated heterocycles. The number of likely N-dealkylation sites (N-methyl/N-ethyl adjacent to an activating group) is 1. The molecule has 0 saturated carbocycles.